The molecule has 0 aromatic rings. The van der Waals surface area contributed by atoms with Crippen molar-refractivity contribution < 1.29 is 4.74 Å². The molecule has 16 heavy (non-hydrogen) atoms. The third-order valence-corrected chi connectivity index (χ3v) is 2.07. The maximum absolute atomic E-state index is 5.38. The van der Waals surface area contributed by atoms with Crippen LogP contribution in [0.4, 0.5) is 0 Å². The smallest absolute Gasteiger partial charge is 0.206 e. The number of rotatable bonds is 5. The Morgan fingerprint density at radius 2 is 2.06 bits per heavy atom. The van der Waals surface area contributed by atoms with E-state index in [0.29, 0.717) is 18.0 Å². The molecule has 0 bridgehead atoms. The van der Waals surface area contributed by atoms with Gasteiger partial charge in [-0.05, 0) is 18.8 Å². The molecule has 0 aromatic heterocycles. The first-order chi connectivity index (χ1) is 7.39. The molecule has 0 rings (SSSR count). The Kier molecular flexibility index (Phi) is 7.08. The Labute approximate surface area is 98.8 Å². The highest BCUT2D eigenvalue weighted by Gasteiger charge is 2.09. The number of hydrogen-bond acceptors (Lipinski definition) is 3. The summed E-state index contributed by atoms with van der Waals surface area (Å²) in [5, 5.41) is 3.14. The summed E-state index contributed by atoms with van der Waals surface area (Å²) >= 11 is 0. The van der Waals surface area contributed by atoms with E-state index < -0.39 is 0 Å². The standard InChI is InChI=1S/C11H26N4O/c1-9(8-16-5)14-10(15-12)13-7-6-11(2,3)4/h9H,6-8,12H2,1-5H3,(H2,13,14,15). The highest BCUT2D eigenvalue weighted by molar-refractivity contribution is 5.79. The van der Waals surface area contributed by atoms with Crippen LogP contribution < -0.4 is 16.6 Å². The third kappa shape index (κ3) is 8.49. The Hall–Kier alpha value is -0.810. The van der Waals surface area contributed by atoms with Gasteiger partial charge in [-0.2, -0.15) is 0 Å². The predicted molar refractivity (Wildman–Crippen MR) is 68.2 cm³/mol. The molecular weight excluding hydrogens is 204 g/mol. The number of methoxy groups -OCH3 is 1. The molecule has 0 saturated carbocycles. The van der Waals surface area contributed by atoms with Crippen LogP contribution in [0.25, 0.3) is 0 Å². The van der Waals surface area contributed by atoms with Crippen LogP contribution in [0.2, 0.25) is 0 Å². The van der Waals surface area contributed by atoms with Crippen molar-refractivity contribution in [3.63, 3.8) is 0 Å². The predicted octanol–water partition coefficient (Wildman–Crippen LogP) is 0.866. The average Bonchev–Trinajstić information content (AvgIpc) is 2.14. The van der Waals surface area contributed by atoms with Crippen LogP contribution >= 0.6 is 0 Å². The summed E-state index contributed by atoms with van der Waals surface area (Å²) in [6.07, 6.45) is 1.03. The van der Waals surface area contributed by atoms with E-state index in [0.717, 1.165) is 13.0 Å². The quantitative estimate of drug-likeness (QED) is 0.284. The van der Waals surface area contributed by atoms with Gasteiger partial charge in [-0.3, -0.25) is 10.4 Å². The second kappa shape index (κ2) is 7.46. The van der Waals surface area contributed by atoms with E-state index in [2.05, 4.69) is 36.5 Å². The molecule has 0 spiro atoms. The minimum Gasteiger partial charge on any atom is -0.383 e. The summed E-state index contributed by atoms with van der Waals surface area (Å²) in [7, 11) is 1.67. The molecule has 1 unspecified atom stereocenters. The molecule has 4 N–H and O–H groups in total. The van der Waals surface area contributed by atoms with Crippen LogP contribution in [0.3, 0.4) is 0 Å². The molecule has 5 nitrogen and oxygen atoms in total. The van der Waals surface area contributed by atoms with Crippen LogP contribution in [0.1, 0.15) is 34.1 Å². The van der Waals surface area contributed by atoms with E-state index in [1.807, 2.05) is 6.92 Å². The number of guanidine groups is 1. The van der Waals surface area contributed by atoms with Crippen LogP contribution in [-0.4, -0.2) is 32.3 Å². The third-order valence-electron chi connectivity index (χ3n) is 2.07. The van der Waals surface area contributed by atoms with Crippen molar-refractivity contribution in [2.75, 3.05) is 20.3 Å². The average molecular weight is 230 g/mol. The minimum atomic E-state index is 0.189. The van der Waals surface area contributed by atoms with Crippen LogP contribution in [0.5, 0.6) is 0 Å². The summed E-state index contributed by atoms with van der Waals surface area (Å²) in [6.45, 7) is 9.98. The number of nitrogens with zero attached hydrogens (tertiary/aromatic N) is 1. The fourth-order valence-corrected chi connectivity index (χ4v) is 1.16. The lowest BCUT2D eigenvalue weighted by Gasteiger charge is -2.18. The van der Waals surface area contributed by atoms with E-state index in [9.17, 15) is 0 Å². The fourth-order valence-electron chi connectivity index (χ4n) is 1.16. The first-order valence-corrected chi connectivity index (χ1v) is 5.65. The van der Waals surface area contributed by atoms with Gasteiger partial charge in [0, 0.05) is 19.7 Å². The van der Waals surface area contributed by atoms with Gasteiger partial charge in [0.15, 0.2) is 0 Å². The molecule has 0 aliphatic carbocycles. The first kappa shape index (κ1) is 15.2. The molecule has 0 radical (unpaired) electrons. The Morgan fingerprint density at radius 3 is 2.50 bits per heavy atom. The van der Waals surface area contributed by atoms with Gasteiger partial charge in [-0.1, -0.05) is 20.8 Å². The monoisotopic (exact) mass is 230 g/mol. The molecule has 0 heterocycles. The van der Waals surface area contributed by atoms with Crippen LogP contribution in [0.15, 0.2) is 4.99 Å². The molecule has 0 amide bonds. The minimum absolute atomic E-state index is 0.189. The van der Waals surface area contributed by atoms with E-state index in [1.165, 1.54) is 0 Å². The summed E-state index contributed by atoms with van der Waals surface area (Å²) in [6, 6.07) is 0.189. The zero-order chi connectivity index (χ0) is 12.6. The number of nitrogens with one attached hydrogen (secondary N) is 2. The fraction of sp³-hybridized carbons (Fsp3) is 0.909. The van der Waals surface area contributed by atoms with Crippen molar-refractivity contribution in [1.82, 2.24) is 10.7 Å². The van der Waals surface area contributed by atoms with Crippen molar-refractivity contribution in [2.45, 2.75) is 40.2 Å². The summed E-state index contributed by atoms with van der Waals surface area (Å²) in [5.41, 5.74) is 2.85. The number of ether oxygens (including phenoxy) is 1. The lowest BCUT2D eigenvalue weighted by Crippen LogP contribution is -2.47. The van der Waals surface area contributed by atoms with Crippen molar-refractivity contribution in [3.05, 3.63) is 0 Å². The van der Waals surface area contributed by atoms with Gasteiger partial charge in [-0.15, -0.1) is 0 Å². The van der Waals surface area contributed by atoms with Gasteiger partial charge in [-0.25, -0.2) is 5.84 Å². The molecule has 0 saturated heterocycles. The maximum atomic E-state index is 5.38. The number of hydrazine groups is 1. The zero-order valence-electron chi connectivity index (χ0n) is 11.1. The molecule has 5 heteroatoms. The molecule has 96 valence electrons. The summed E-state index contributed by atoms with van der Waals surface area (Å²) in [4.78, 5) is 4.36. The maximum Gasteiger partial charge on any atom is 0.206 e. The highest BCUT2D eigenvalue weighted by atomic mass is 16.5. The Balaban J connectivity index is 4.02. The SMILES string of the molecule is COCC(C)NC(=NCCC(C)(C)C)NN. The topological polar surface area (TPSA) is 71.7 Å². The van der Waals surface area contributed by atoms with E-state index in [-0.39, 0.29) is 6.04 Å². The van der Waals surface area contributed by atoms with E-state index in [4.69, 9.17) is 10.6 Å². The van der Waals surface area contributed by atoms with Crippen molar-refractivity contribution in [2.24, 2.45) is 16.3 Å². The van der Waals surface area contributed by atoms with Crippen LogP contribution in [0, 0.1) is 5.41 Å². The zero-order valence-corrected chi connectivity index (χ0v) is 11.1. The van der Waals surface area contributed by atoms with Gasteiger partial charge in [0.25, 0.3) is 0 Å². The number of hydrogen-bond donors (Lipinski definition) is 3. The van der Waals surface area contributed by atoms with Crippen molar-refractivity contribution >= 4 is 5.96 Å². The molecule has 1 atom stereocenters. The summed E-state index contributed by atoms with van der Waals surface area (Å²) in [5.74, 6) is 6.00. The van der Waals surface area contributed by atoms with Crippen molar-refractivity contribution in [3.8, 4) is 0 Å². The Bertz CT molecular complexity index is 211. The van der Waals surface area contributed by atoms with Gasteiger partial charge in [0.2, 0.25) is 5.96 Å². The summed E-state index contributed by atoms with van der Waals surface area (Å²) < 4.78 is 5.02. The van der Waals surface area contributed by atoms with Crippen LogP contribution in [-0.2, 0) is 4.74 Å². The first-order valence-electron chi connectivity index (χ1n) is 5.65. The molecular formula is C11H26N4O. The lowest BCUT2D eigenvalue weighted by atomic mass is 9.93. The largest absolute Gasteiger partial charge is 0.383 e. The van der Waals surface area contributed by atoms with Gasteiger partial charge in [0.1, 0.15) is 0 Å². The lowest BCUT2D eigenvalue weighted by molar-refractivity contribution is 0.179. The molecule has 0 aliphatic rings. The van der Waals surface area contributed by atoms with Gasteiger partial charge < -0.3 is 10.1 Å². The van der Waals surface area contributed by atoms with Crippen molar-refractivity contribution in [1.29, 1.82) is 0 Å². The highest BCUT2D eigenvalue weighted by Crippen LogP contribution is 2.17. The molecule has 0 fully saturated rings. The van der Waals surface area contributed by atoms with Gasteiger partial charge >= 0.3 is 0 Å². The van der Waals surface area contributed by atoms with E-state index in [1.54, 1.807) is 7.11 Å². The second-order valence-corrected chi connectivity index (χ2v) is 5.19. The molecule has 0 aromatic carbocycles. The van der Waals surface area contributed by atoms with Gasteiger partial charge in [0.05, 0.1) is 6.61 Å². The number of aliphatic imine (C=N–C) groups is 1. The number of nitrogens with two attached hydrogens (primary N) is 1. The van der Waals surface area contributed by atoms with E-state index >= 15 is 0 Å². The second-order valence-electron chi connectivity index (χ2n) is 5.19. The normalized spacial score (nSPS) is 14.8. The Morgan fingerprint density at radius 1 is 1.44 bits per heavy atom. The molecule has 0 aliphatic heterocycles.